The molecule has 2 aromatic rings. The van der Waals surface area contributed by atoms with Gasteiger partial charge in [0, 0.05) is 6.54 Å². The smallest absolute Gasteiger partial charge is 0.259 e. The summed E-state index contributed by atoms with van der Waals surface area (Å²) in [5, 5.41) is 2.76. The van der Waals surface area contributed by atoms with Crippen LogP contribution >= 0.6 is 0 Å². The summed E-state index contributed by atoms with van der Waals surface area (Å²) in [6.45, 7) is 0.292. The molecule has 21 heavy (non-hydrogen) atoms. The zero-order chi connectivity index (χ0) is 15.2. The Labute approximate surface area is 122 Å². The first-order valence-corrected chi connectivity index (χ1v) is 6.39. The summed E-state index contributed by atoms with van der Waals surface area (Å²) < 4.78 is 23.2. The van der Waals surface area contributed by atoms with Gasteiger partial charge in [-0.1, -0.05) is 18.2 Å². The number of nitrogens with one attached hydrogen (secondary N) is 1. The van der Waals surface area contributed by atoms with E-state index in [9.17, 15) is 9.18 Å². The van der Waals surface area contributed by atoms with Crippen LogP contribution in [0, 0.1) is 5.82 Å². The van der Waals surface area contributed by atoms with E-state index in [1.807, 2.05) is 0 Å². The fraction of sp³-hybridized carbons (Fsp3) is 0.188. The Balaban J connectivity index is 2.15. The third-order valence-corrected chi connectivity index (χ3v) is 3.02. The molecule has 1 N–H and O–H groups in total. The number of ether oxygens (including phenoxy) is 2. The fourth-order valence-electron chi connectivity index (χ4n) is 1.95. The van der Waals surface area contributed by atoms with Crippen LogP contribution in [-0.2, 0) is 6.54 Å². The molecule has 0 heterocycles. The Morgan fingerprint density at radius 1 is 1.05 bits per heavy atom. The van der Waals surface area contributed by atoms with Gasteiger partial charge >= 0.3 is 0 Å². The number of rotatable bonds is 5. The maximum absolute atomic E-state index is 12.8. The van der Waals surface area contributed by atoms with Crippen molar-refractivity contribution < 1.29 is 18.7 Å². The lowest BCUT2D eigenvalue weighted by atomic mass is 10.1. The van der Waals surface area contributed by atoms with Gasteiger partial charge in [0.25, 0.3) is 5.91 Å². The second-order valence-corrected chi connectivity index (χ2v) is 4.35. The van der Waals surface area contributed by atoms with E-state index in [1.54, 1.807) is 30.3 Å². The molecule has 0 saturated heterocycles. The summed E-state index contributed by atoms with van der Waals surface area (Å²) in [6.07, 6.45) is 0. The molecule has 0 aliphatic carbocycles. The highest BCUT2D eigenvalue weighted by Crippen LogP contribution is 2.27. The number of hydrogen-bond acceptors (Lipinski definition) is 3. The first-order chi connectivity index (χ1) is 10.2. The lowest BCUT2D eigenvalue weighted by molar-refractivity contribution is 0.0944. The topological polar surface area (TPSA) is 47.6 Å². The van der Waals surface area contributed by atoms with E-state index in [0.717, 1.165) is 5.56 Å². The summed E-state index contributed by atoms with van der Waals surface area (Å²) >= 11 is 0. The van der Waals surface area contributed by atoms with Crippen LogP contribution in [0.3, 0.4) is 0 Å². The minimum atomic E-state index is -0.311. The third kappa shape index (κ3) is 3.51. The van der Waals surface area contributed by atoms with Gasteiger partial charge in [0.1, 0.15) is 22.9 Å². The quantitative estimate of drug-likeness (QED) is 0.920. The number of halogens is 1. The first-order valence-electron chi connectivity index (χ1n) is 6.39. The predicted octanol–water partition coefficient (Wildman–Crippen LogP) is 2.77. The van der Waals surface area contributed by atoms with E-state index < -0.39 is 0 Å². The van der Waals surface area contributed by atoms with E-state index in [4.69, 9.17) is 9.47 Å². The molecule has 0 fully saturated rings. The lowest BCUT2D eigenvalue weighted by Gasteiger charge is -2.13. The summed E-state index contributed by atoms with van der Waals surface area (Å²) in [7, 11) is 2.98. The molecule has 0 aromatic heterocycles. The summed E-state index contributed by atoms with van der Waals surface area (Å²) in [6, 6.07) is 11.1. The fourth-order valence-corrected chi connectivity index (χ4v) is 1.95. The minimum absolute atomic E-state index is 0.292. The van der Waals surface area contributed by atoms with E-state index in [-0.39, 0.29) is 11.7 Å². The molecular weight excluding hydrogens is 273 g/mol. The Morgan fingerprint density at radius 2 is 1.62 bits per heavy atom. The van der Waals surface area contributed by atoms with E-state index in [0.29, 0.717) is 23.6 Å². The van der Waals surface area contributed by atoms with Crippen LogP contribution in [0.15, 0.2) is 42.5 Å². The summed E-state index contributed by atoms with van der Waals surface area (Å²) in [5.41, 5.74) is 1.14. The number of benzene rings is 2. The van der Waals surface area contributed by atoms with Crippen LogP contribution < -0.4 is 14.8 Å². The van der Waals surface area contributed by atoms with Crippen molar-refractivity contribution in [3.05, 3.63) is 59.4 Å². The Kier molecular flexibility index (Phi) is 4.77. The van der Waals surface area contributed by atoms with Gasteiger partial charge in [-0.2, -0.15) is 0 Å². The van der Waals surface area contributed by atoms with Crippen LogP contribution in [0.1, 0.15) is 15.9 Å². The molecule has 5 heteroatoms. The molecular formula is C16H16FNO3. The van der Waals surface area contributed by atoms with Crippen molar-refractivity contribution in [1.82, 2.24) is 5.32 Å². The van der Waals surface area contributed by atoms with E-state index in [2.05, 4.69) is 5.32 Å². The first kappa shape index (κ1) is 14.8. The Morgan fingerprint density at radius 3 is 2.14 bits per heavy atom. The molecule has 2 rings (SSSR count). The summed E-state index contributed by atoms with van der Waals surface area (Å²) in [5.74, 6) is 0.252. The molecule has 0 bridgehead atoms. The van der Waals surface area contributed by atoms with Crippen LogP contribution in [0.5, 0.6) is 11.5 Å². The zero-order valence-corrected chi connectivity index (χ0v) is 11.9. The Hall–Kier alpha value is -2.56. The highest BCUT2D eigenvalue weighted by atomic mass is 19.1. The van der Waals surface area contributed by atoms with Crippen LogP contribution in [-0.4, -0.2) is 20.1 Å². The van der Waals surface area contributed by atoms with Gasteiger partial charge < -0.3 is 14.8 Å². The molecule has 0 aliphatic rings. The number of hydrogen-bond donors (Lipinski definition) is 1. The van der Waals surface area contributed by atoms with Crippen LogP contribution in [0.2, 0.25) is 0 Å². The number of methoxy groups -OCH3 is 2. The molecule has 0 atom stereocenters. The monoisotopic (exact) mass is 289 g/mol. The number of carbonyl (C=O) groups excluding carboxylic acids is 1. The van der Waals surface area contributed by atoms with Gasteiger partial charge in [0.15, 0.2) is 0 Å². The van der Waals surface area contributed by atoms with Gasteiger partial charge in [0.05, 0.1) is 14.2 Å². The van der Waals surface area contributed by atoms with Gasteiger partial charge in [0.2, 0.25) is 0 Å². The average Bonchev–Trinajstić information content (AvgIpc) is 2.53. The van der Waals surface area contributed by atoms with E-state index in [1.165, 1.54) is 26.4 Å². The molecule has 4 nitrogen and oxygen atoms in total. The maximum atomic E-state index is 12.8. The normalized spacial score (nSPS) is 10.0. The maximum Gasteiger partial charge on any atom is 0.259 e. The van der Waals surface area contributed by atoms with Crippen LogP contribution in [0.4, 0.5) is 4.39 Å². The molecule has 0 spiro atoms. The minimum Gasteiger partial charge on any atom is -0.496 e. The largest absolute Gasteiger partial charge is 0.496 e. The SMILES string of the molecule is COc1cccc(OC)c1C(=O)NCc1ccc(F)cc1. The predicted molar refractivity (Wildman–Crippen MR) is 77.1 cm³/mol. The van der Waals surface area contributed by atoms with Crippen molar-refractivity contribution in [2.45, 2.75) is 6.54 Å². The molecule has 0 saturated carbocycles. The van der Waals surface area contributed by atoms with Gasteiger partial charge in [-0.25, -0.2) is 4.39 Å². The van der Waals surface area contributed by atoms with E-state index >= 15 is 0 Å². The van der Waals surface area contributed by atoms with Crippen molar-refractivity contribution in [2.75, 3.05) is 14.2 Å². The van der Waals surface area contributed by atoms with Crippen LogP contribution in [0.25, 0.3) is 0 Å². The van der Waals surface area contributed by atoms with Gasteiger partial charge in [-0.15, -0.1) is 0 Å². The standard InChI is InChI=1S/C16H16FNO3/c1-20-13-4-3-5-14(21-2)15(13)16(19)18-10-11-6-8-12(17)9-7-11/h3-9H,10H2,1-2H3,(H,18,19). The second-order valence-electron chi connectivity index (χ2n) is 4.35. The third-order valence-electron chi connectivity index (χ3n) is 3.02. The van der Waals surface area contributed by atoms with Gasteiger partial charge in [-0.05, 0) is 29.8 Å². The highest BCUT2D eigenvalue weighted by Gasteiger charge is 2.17. The van der Waals surface area contributed by atoms with Crippen molar-refractivity contribution in [1.29, 1.82) is 0 Å². The molecule has 1 amide bonds. The average molecular weight is 289 g/mol. The molecule has 0 aliphatic heterocycles. The van der Waals surface area contributed by atoms with Gasteiger partial charge in [-0.3, -0.25) is 4.79 Å². The molecule has 2 aromatic carbocycles. The second kappa shape index (κ2) is 6.74. The molecule has 0 radical (unpaired) electrons. The van der Waals surface area contributed by atoms with Crippen molar-refractivity contribution in [3.8, 4) is 11.5 Å². The van der Waals surface area contributed by atoms with Crippen molar-refractivity contribution >= 4 is 5.91 Å². The van der Waals surface area contributed by atoms with Crippen molar-refractivity contribution in [2.24, 2.45) is 0 Å². The molecule has 110 valence electrons. The zero-order valence-electron chi connectivity index (χ0n) is 11.9. The Bertz CT molecular complexity index is 604. The molecule has 0 unspecified atom stereocenters. The summed E-state index contributed by atoms with van der Waals surface area (Å²) in [4.78, 5) is 12.3. The number of amides is 1. The number of carbonyl (C=O) groups is 1. The highest BCUT2D eigenvalue weighted by molar-refractivity contribution is 5.99. The van der Waals surface area contributed by atoms with Crippen molar-refractivity contribution in [3.63, 3.8) is 0 Å². The lowest BCUT2D eigenvalue weighted by Crippen LogP contribution is -2.24.